The second kappa shape index (κ2) is 12.3. The van der Waals surface area contributed by atoms with Gasteiger partial charge in [-0.25, -0.2) is 0 Å². The Morgan fingerprint density at radius 2 is 1.19 bits per heavy atom. The van der Waals surface area contributed by atoms with Gasteiger partial charge in [-0.05, 0) is 54.0 Å². The highest BCUT2D eigenvalue weighted by Crippen LogP contribution is 2.27. The Morgan fingerprint density at radius 1 is 0.719 bits per heavy atom. The molecule has 6 heteroatoms. The van der Waals surface area contributed by atoms with E-state index in [9.17, 15) is 30.0 Å². The molecule has 0 saturated carbocycles. The number of aromatic hydroxyl groups is 4. The highest BCUT2D eigenvalue weighted by molar-refractivity contribution is 6.13. The van der Waals surface area contributed by atoms with Gasteiger partial charge in [0, 0.05) is 0 Å². The van der Waals surface area contributed by atoms with Crippen molar-refractivity contribution in [2.75, 3.05) is 0 Å². The van der Waals surface area contributed by atoms with Gasteiger partial charge in [-0.1, -0.05) is 63.3 Å². The Kier molecular flexibility index (Phi) is 9.54. The fourth-order valence-electron chi connectivity index (χ4n) is 3.25. The Hall–Kier alpha value is -3.54. The van der Waals surface area contributed by atoms with Crippen LogP contribution in [0, 0.1) is 5.92 Å². The van der Waals surface area contributed by atoms with E-state index in [0.29, 0.717) is 17.5 Å². The molecule has 0 fully saturated rings. The van der Waals surface area contributed by atoms with Crippen molar-refractivity contribution in [3.8, 4) is 23.0 Å². The first kappa shape index (κ1) is 24.7. The minimum atomic E-state index is -0.833. The first-order valence-corrected chi connectivity index (χ1v) is 10.8. The first-order chi connectivity index (χ1) is 15.3. The zero-order valence-electron chi connectivity index (χ0n) is 18.2. The number of carbonyl (C=O) groups excluding carboxylic acids is 2. The summed E-state index contributed by atoms with van der Waals surface area (Å²) in [4.78, 5) is 25.6. The summed E-state index contributed by atoms with van der Waals surface area (Å²) in [6.45, 7) is 2.12. The lowest BCUT2D eigenvalue weighted by molar-refractivity contribution is -0.127. The zero-order chi connectivity index (χ0) is 23.5. The van der Waals surface area contributed by atoms with Crippen molar-refractivity contribution in [2.24, 2.45) is 5.92 Å². The third kappa shape index (κ3) is 7.61. The molecule has 170 valence electrons. The van der Waals surface area contributed by atoms with E-state index < -0.39 is 5.92 Å². The van der Waals surface area contributed by atoms with E-state index in [4.69, 9.17) is 0 Å². The molecule has 0 atom stereocenters. The zero-order valence-corrected chi connectivity index (χ0v) is 18.2. The van der Waals surface area contributed by atoms with Crippen molar-refractivity contribution in [3.63, 3.8) is 0 Å². The van der Waals surface area contributed by atoms with Gasteiger partial charge in [0.05, 0.1) is 5.92 Å². The molecule has 0 aliphatic rings. The van der Waals surface area contributed by atoms with E-state index in [2.05, 4.69) is 6.92 Å². The third-order valence-electron chi connectivity index (χ3n) is 5.16. The Labute approximate surface area is 188 Å². The minimum Gasteiger partial charge on any atom is -0.504 e. The topological polar surface area (TPSA) is 115 Å². The van der Waals surface area contributed by atoms with E-state index in [1.54, 1.807) is 12.1 Å². The van der Waals surface area contributed by atoms with E-state index in [1.165, 1.54) is 48.6 Å². The summed E-state index contributed by atoms with van der Waals surface area (Å²) in [7, 11) is 0. The lowest BCUT2D eigenvalue weighted by atomic mass is 9.91. The summed E-state index contributed by atoms with van der Waals surface area (Å²) in [5.74, 6) is -2.59. The minimum absolute atomic E-state index is 0.251. The fourth-order valence-corrected chi connectivity index (χ4v) is 3.25. The summed E-state index contributed by atoms with van der Waals surface area (Å²) in [6.07, 6.45) is 11.0. The molecule has 0 aromatic heterocycles. The van der Waals surface area contributed by atoms with Crippen LogP contribution in [0.1, 0.15) is 56.6 Å². The van der Waals surface area contributed by atoms with Crippen LogP contribution in [0.2, 0.25) is 0 Å². The monoisotopic (exact) mass is 438 g/mol. The lowest BCUT2D eigenvalue weighted by Gasteiger charge is -2.11. The molecule has 32 heavy (non-hydrogen) atoms. The second-order valence-electron chi connectivity index (χ2n) is 7.72. The van der Waals surface area contributed by atoms with E-state index in [1.807, 2.05) is 0 Å². The van der Waals surface area contributed by atoms with Crippen molar-refractivity contribution in [1.29, 1.82) is 0 Å². The van der Waals surface area contributed by atoms with E-state index in [-0.39, 0.29) is 34.6 Å². The number of rotatable bonds is 12. The van der Waals surface area contributed by atoms with Gasteiger partial charge in [-0.15, -0.1) is 0 Å². The maximum absolute atomic E-state index is 12.8. The molecule has 2 rings (SSSR count). The van der Waals surface area contributed by atoms with Crippen LogP contribution in [0.3, 0.4) is 0 Å². The Balaban J connectivity index is 2.13. The number of carbonyl (C=O) groups is 2. The molecular weight excluding hydrogens is 408 g/mol. The largest absolute Gasteiger partial charge is 0.504 e. The molecular formula is C26H30O6. The number of benzene rings is 2. The molecule has 0 radical (unpaired) electrons. The molecule has 2 aromatic carbocycles. The smallest absolute Gasteiger partial charge is 0.166 e. The van der Waals surface area contributed by atoms with Crippen molar-refractivity contribution in [3.05, 3.63) is 59.7 Å². The average molecular weight is 439 g/mol. The van der Waals surface area contributed by atoms with Crippen molar-refractivity contribution < 1.29 is 30.0 Å². The van der Waals surface area contributed by atoms with Gasteiger partial charge in [-0.2, -0.15) is 0 Å². The van der Waals surface area contributed by atoms with Crippen LogP contribution < -0.4 is 0 Å². The molecule has 4 N–H and O–H groups in total. The number of hydrogen-bond donors (Lipinski definition) is 4. The molecule has 0 amide bonds. The van der Waals surface area contributed by atoms with Crippen LogP contribution in [0.5, 0.6) is 23.0 Å². The maximum atomic E-state index is 12.8. The summed E-state index contributed by atoms with van der Waals surface area (Å²) in [5.41, 5.74) is 1.05. The summed E-state index contributed by atoms with van der Waals surface area (Å²) in [5, 5.41) is 38.0. The predicted octanol–water partition coefficient (Wildman–Crippen LogP) is 5.35. The van der Waals surface area contributed by atoms with Crippen LogP contribution in [-0.4, -0.2) is 32.0 Å². The molecule has 0 aliphatic carbocycles. The number of hydrogen-bond acceptors (Lipinski definition) is 6. The van der Waals surface area contributed by atoms with Crippen LogP contribution in [0.4, 0.5) is 0 Å². The van der Waals surface area contributed by atoms with Crippen molar-refractivity contribution >= 4 is 23.7 Å². The average Bonchev–Trinajstić information content (AvgIpc) is 2.77. The number of phenolic OH excluding ortho intramolecular Hbond substituents is 4. The number of unbranched alkanes of at least 4 members (excludes halogenated alkanes) is 4. The molecule has 0 bridgehead atoms. The molecule has 6 nitrogen and oxygen atoms in total. The second-order valence-corrected chi connectivity index (χ2v) is 7.72. The van der Waals surface area contributed by atoms with E-state index >= 15 is 0 Å². The van der Waals surface area contributed by atoms with Crippen LogP contribution in [0.15, 0.2) is 48.6 Å². The van der Waals surface area contributed by atoms with Gasteiger partial charge in [0.25, 0.3) is 0 Å². The van der Waals surface area contributed by atoms with Crippen LogP contribution >= 0.6 is 0 Å². The first-order valence-electron chi connectivity index (χ1n) is 10.8. The van der Waals surface area contributed by atoms with Gasteiger partial charge >= 0.3 is 0 Å². The molecule has 2 aromatic rings. The number of allylic oxidation sites excluding steroid dienone is 2. The number of phenols is 4. The highest BCUT2D eigenvalue weighted by Gasteiger charge is 2.22. The normalized spacial score (nSPS) is 12.4. The predicted molar refractivity (Wildman–Crippen MR) is 124 cm³/mol. The summed E-state index contributed by atoms with van der Waals surface area (Å²) < 4.78 is 0. The fraction of sp³-hybridized carbons (Fsp3) is 0.308. The van der Waals surface area contributed by atoms with Gasteiger partial charge in [-0.3, -0.25) is 9.59 Å². The molecule has 0 unspecified atom stereocenters. The standard InChI is InChI=1S/C26H30O6/c1-2-3-4-5-6-7-20(21(27)12-8-18-10-14-23(29)25(31)16-18)22(28)13-9-19-11-15-24(30)26(32)17-19/h8-17,20,29-32H,2-7H2,1H3. The third-order valence-corrected chi connectivity index (χ3v) is 5.16. The van der Waals surface area contributed by atoms with Gasteiger partial charge in [0.15, 0.2) is 34.6 Å². The Morgan fingerprint density at radius 3 is 1.62 bits per heavy atom. The molecule has 0 heterocycles. The van der Waals surface area contributed by atoms with Crippen molar-refractivity contribution in [2.45, 2.75) is 45.4 Å². The number of ketones is 2. The maximum Gasteiger partial charge on any atom is 0.166 e. The highest BCUT2D eigenvalue weighted by atomic mass is 16.3. The van der Waals surface area contributed by atoms with Crippen LogP contribution in [0.25, 0.3) is 12.2 Å². The van der Waals surface area contributed by atoms with Crippen molar-refractivity contribution in [1.82, 2.24) is 0 Å². The van der Waals surface area contributed by atoms with Crippen LogP contribution in [-0.2, 0) is 9.59 Å². The van der Waals surface area contributed by atoms with Gasteiger partial charge in [0.1, 0.15) is 0 Å². The molecule has 0 aliphatic heterocycles. The van der Waals surface area contributed by atoms with E-state index in [0.717, 1.165) is 32.1 Å². The quantitative estimate of drug-likeness (QED) is 0.154. The lowest BCUT2D eigenvalue weighted by Crippen LogP contribution is -2.21. The SMILES string of the molecule is CCCCCCCC(C(=O)C=Cc1ccc(O)c(O)c1)C(=O)C=Cc1ccc(O)c(O)c1. The molecule has 0 saturated heterocycles. The summed E-state index contributed by atoms with van der Waals surface area (Å²) >= 11 is 0. The van der Waals surface area contributed by atoms with Gasteiger partial charge < -0.3 is 20.4 Å². The summed E-state index contributed by atoms with van der Waals surface area (Å²) in [6, 6.07) is 8.42. The molecule has 0 spiro atoms. The Bertz CT molecular complexity index is 916. The van der Waals surface area contributed by atoms with Gasteiger partial charge in [0.2, 0.25) is 0 Å².